The molecule has 3 aromatic heterocycles. The van der Waals surface area contributed by atoms with Crippen LogP contribution in [0.15, 0.2) is 231 Å². The van der Waals surface area contributed by atoms with Crippen LogP contribution in [0.1, 0.15) is 0 Å². The minimum absolute atomic E-state index is 0.615. The summed E-state index contributed by atoms with van der Waals surface area (Å²) in [5.74, 6) is 1.87. The van der Waals surface area contributed by atoms with E-state index in [4.69, 9.17) is 15.0 Å². The first-order valence-electron chi connectivity index (χ1n) is 23.0. The summed E-state index contributed by atoms with van der Waals surface area (Å²) in [6.07, 6.45) is 0. The fourth-order valence-corrected chi connectivity index (χ4v) is 11.4. The third kappa shape index (κ3) is 6.32. The molecule has 0 amide bonds. The fourth-order valence-electron chi connectivity index (χ4n) is 10.3. The van der Waals surface area contributed by atoms with Gasteiger partial charge in [-0.05, 0) is 115 Å². The Kier molecular flexibility index (Phi) is 8.73. The highest BCUT2D eigenvalue weighted by molar-refractivity contribution is 7.25. The van der Waals surface area contributed by atoms with Crippen LogP contribution in [0.25, 0.3) is 136 Å². The fraction of sp³-hybridized carbons (Fsp3) is 0. The van der Waals surface area contributed by atoms with Crippen molar-refractivity contribution in [2.45, 2.75) is 0 Å². The number of fused-ring (bicyclic) bond motifs is 9. The summed E-state index contributed by atoms with van der Waals surface area (Å²) in [6.45, 7) is 0. The Morgan fingerprint density at radius 1 is 0.294 bits per heavy atom. The number of thiophene rings is 1. The molecule has 0 radical (unpaired) electrons. The van der Waals surface area contributed by atoms with Crippen molar-refractivity contribution in [1.29, 1.82) is 0 Å². The van der Waals surface area contributed by atoms with Gasteiger partial charge in [0.05, 0.1) is 11.0 Å². The predicted octanol–water partition coefficient (Wildman–Crippen LogP) is 17.1. The lowest BCUT2D eigenvalue weighted by atomic mass is 9.97. The molecule has 0 fully saturated rings. The van der Waals surface area contributed by atoms with E-state index < -0.39 is 0 Å². The zero-order chi connectivity index (χ0) is 44.7. The smallest absolute Gasteiger partial charge is 0.164 e. The van der Waals surface area contributed by atoms with Gasteiger partial charge in [0.1, 0.15) is 0 Å². The van der Waals surface area contributed by atoms with Crippen molar-refractivity contribution in [3.05, 3.63) is 231 Å². The van der Waals surface area contributed by atoms with Gasteiger partial charge in [0.2, 0.25) is 0 Å². The molecule has 4 nitrogen and oxygen atoms in total. The van der Waals surface area contributed by atoms with Gasteiger partial charge in [0, 0.05) is 53.3 Å². The zero-order valence-corrected chi connectivity index (χ0v) is 37.5. The molecule has 0 N–H and O–H groups in total. The van der Waals surface area contributed by atoms with E-state index in [9.17, 15) is 0 Å². The summed E-state index contributed by atoms with van der Waals surface area (Å²) < 4.78 is 4.96. The van der Waals surface area contributed by atoms with Gasteiger partial charge in [-0.3, -0.25) is 0 Å². The van der Waals surface area contributed by atoms with E-state index in [-0.39, 0.29) is 0 Å². The van der Waals surface area contributed by atoms with Crippen molar-refractivity contribution in [3.63, 3.8) is 0 Å². The van der Waals surface area contributed by atoms with Crippen molar-refractivity contribution in [3.8, 4) is 62.1 Å². The van der Waals surface area contributed by atoms with Gasteiger partial charge >= 0.3 is 0 Å². The number of benzene rings is 11. The number of nitrogens with zero attached hydrogens (tertiary/aromatic N) is 4. The molecule has 0 bridgehead atoms. The molecule has 0 saturated heterocycles. The lowest BCUT2D eigenvalue weighted by Crippen LogP contribution is -2.02. The largest absolute Gasteiger partial charge is 0.309 e. The Morgan fingerprint density at radius 2 is 0.882 bits per heavy atom. The maximum atomic E-state index is 5.40. The van der Waals surface area contributed by atoms with E-state index in [0.29, 0.717) is 17.5 Å². The van der Waals surface area contributed by atoms with Crippen LogP contribution in [0.2, 0.25) is 0 Å². The van der Waals surface area contributed by atoms with Crippen LogP contribution in [0, 0.1) is 0 Å². The average Bonchev–Trinajstić information content (AvgIpc) is 3.94. The maximum Gasteiger partial charge on any atom is 0.164 e. The molecule has 5 heteroatoms. The third-order valence-electron chi connectivity index (χ3n) is 13.6. The van der Waals surface area contributed by atoms with E-state index in [1.54, 1.807) is 0 Å². The monoisotopic (exact) mass is 882 g/mol. The number of aromatic nitrogens is 4. The number of hydrogen-bond donors (Lipinski definition) is 0. The second kappa shape index (κ2) is 15.4. The molecule has 14 rings (SSSR count). The summed E-state index contributed by atoms with van der Waals surface area (Å²) in [5.41, 5.74) is 10.7. The lowest BCUT2D eigenvalue weighted by molar-refractivity contribution is 1.07. The van der Waals surface area contributed by atoms with Gasteiger partial charge in [-0.1, -0.05) is 170 Å². The summed E-state index contributed by atoms with van der Waals surface area (Å²) in [7, 11) is 0. The summed E-state index contributed by atoms with van der Waals surface area (Å²) in [4.78, 5) is 16.0. The highest BCUT2D eigenvalue weighted by Gasteiger charge is 2.22. The molecule has 3 heterocycles. The Bertz CT molecular complexity index is 4240. The third-order valence-corrected chi connectivity index (χ3v) is 14.7. The molecule has 0 saturated carbocycles. The van der Waals surface area contributed by atoms with Crippen LogP contribution in [-0.2, 0) is 0 Å². The Labute approximate surface area is 395 Å². The number of rotatable bonds is 6. The summed E-state index contributed by atoms with van der Waals surface area (Å²) >= 11 is 1.83. The van der Waals surface area contributed by atoms with E-state index >= 15 is 0 Å². The quantitative estimate of drug-likeness (QED) is 0.167. The molecule has 14 aromatic rings. The van der Waals surface area contributed by atoms with Crippen LogP contribution in [0.4, 0.5) is 0 Å². The average molecular weight is 883 g/mol. The Hall–Kier alpha value is -8.77. The summed E-state index contributed by atoms with van der Waals surface area (Å²) in [5, 5.41) is 12.0. The number of hydrogen-bond acceptors (Lipinski definition) is 4. The van der Waals surface area contributed by atoms with Crippen molar-refractivity contribution in [2.75, 3.05) is 0 Å². The molecular weight excluding hydrogens is 845 g/mol. The van der Waals surface area contributed by atoms with E-state index in [0.717, 1.165) is 55.3 Å². The standard InChI is InChI=1S/C63H38N4S/c1-2-15-41(16-3-1)50-22-12-23-56-60(50)55-35-44-19-8-9-20-45(44)36-57(55)67(56)49-30-32-53(54(38-49)46-29-31-52-51-21-10-11-24-58(51)68-59(52)37-46)63-65-61(47-27-25-39-13-4-6-17-42(39)33-47)64-62(66-63)48-28-26-40-14-5-7-18-43(40)34-48/h1-38H. The molecule has 0 aliphatic carbocycles. The van der Waals surface area contributed by atoms with Crippen molar-refractivity contribution >= 4 is 85.6 Å². The van der Waals surface area contributed by atoms with Gasteiger partial charge in [0.15, 0.2) is 17.5 Å². The zero-order valence-electron chi connectivity index (χ0n) is 36.6. The molecular formula is C63H38N4S. The SMILES string of the molecule is c1ccc(-c2cccc3c2c2cc4ccccc4cc2n3-c2ccc(-c3nc(-c4ccc5ccccc5c4)nc(-c4ccc5ccccc5c4)n3)c(-c3ccc4c(c3)sc3ccccc34)c2)cc1. The molecule has 0 aliphatic rings. The highest BCUT2D eigenvalue weighted by atomic mass is 32.1. The van der Waals surface area contributed by atoms with Crippen LogP contribution < -0.4 is 0 Å². The van der Waals surface area contributed by atoms with Crippen LogP contribution in [-0.4, -0.2) is 19.5 Å². The first-order valence-corrected chi connectivity index (χ1v) is 23.8. The molecule has 0 atom stereocenters. The molecule has 0 unspecified atom stereocenters. The second-order valence-electron chi connectivity index (χ2n) is 17.6. The predicted molar refractivity (Wildman–Crippen MR) is 287 cm³/mol. The van der Waals surface area contributed by atoms with Crippen LogP contribution >= 0.6 is 11.3 Å². The van der Waals surface area contributed by atoms with Gasteiger partial charge in [0.25, 0.3) is 0 Å². The summed E-state index contributed by atoms with van der Waals surface area (Å²) in [6, 6.07) is 83.1. The maximum absolute atomic E-state index is 5.40. The van der Waals surface area contributed by atoms with Gasteiger partial charge < -0.3 is 4.57 Å². The highest BCUT2D eigenvalue weighted by Crippen LogP contribution is 2.44. The van der Waals surface area contributed by atoms with E-state index in [1.807, 2.05) is 11.3 Å². The molecule has 316 valence electrons. The van der Waals surface area contributed by atoms with Crippen molar-refractivity contribution in [1.82, 2.24) is 19.5 Å². The normalized spacial score (nSPS) is 11.8. The lowest BCUT2D eigenvalue weighted by Gasteiger charge is -2.16. The topological polar surface area (TPSA) is 43.6 Å². The van der Waals surface area contributed by atoms with E-state index in [1.165, 1.54) is 63.6 Å². The first kappa shape index (κ1) is 38.5. The Morgan fingerprint density at radius 3 is 1.60 bits per heavy atom. The molecule has 0 aliphatic heterocycles. The van der Waals surface area contributed by atoms with Crippen LogP contribution in [0.3, 0.4) is 0 Å². The van der Waals surface area contributed by atoms with Crippen molar-refractivity contribution in [2.24, 2.45) is 0 Å². The van der Waals surface area contributed by atoms with Gasteiger partial charge in [-0.15, -0.1) is 11.3 Å². The second-order valence-corrected chi connectivity index (χ2v) is 18.7. The Balaban J connectivity index is 1.05. The van der Waals surface area contributed by atoms with E-state index in [2.05, 4.69) is 235 Å². The molecule has 68 heavy (non-hydrogen) atoms. The minimum Gasteiger partial charge on any atom is -0.309 e. The van der Waals surface area contributed by atoms with Crippen LogP contribution in [0.5, 0.6) is 0 Å². The molecule has 0 spiro atoms. The molecule has 11 aromatic carbocycles. The van der Waals surface area contributed by atoms with Crippen molar-refractivity contribution < 1.29 is 0 Å². The minimum atomic E-state index is 0.615. The first-order chi connectivity index (χ1) is 33.7. The van der Waals surface area contributed by atoms with Gasteiger partial charge in [-0.25, -0.2) is 15.0 Å². The van der Waals surface area contributed by atoms with Gasteiger partial charge in [-0.2, -0.15) is 0 Å².